The van der Waals surface area contributed by atoms with Crippen LogP contribution in [0.5, 0.6) is 0 Å². The molecule has 82 valence electrons. The van der Waals surface area contributed by atoms with Crippen molar-refractivity contribution in [1.29, 1.82) is 0 Å². The van der Waals surface area contributed by atoms with Gasteiger partial charge < -0.3 is 24.0 Å². The van der Waals surface area contributed by atoms with Gasteiger partial charge in [-0.05, 0) is 25.5 Å². The number of hydrogen-bond donors (Lipinski definition) is 0. The molecular formula is C13H18IN. The van der Waals surface area contributed by atoms with E-state index in [1.807, 2.05) is 0 Å². The maximum absolute atomic E-state index is 2.49. The molecule has 1 aromatic carbocycles. The van der Waals surface area contributed by atoms with Crippen molar-refractivity contribution >= 4 is 5.71 Å². The lowest BCUT2D eigenvalue weighted by Crippen LogP contribution is -3.00. The highest BCUT2D eigenvalue weighted by Crippen LogP contribution is 2.18. The molecule has 1 nitrogen and oxygen atoms in total. The molecule has 0 fully saturated rings. The molecule has 1 unspecified atom stereocenters. The molecule has 0 saturated heterocycles. The number of nitrogens with zero attached hydrogens (tertiary/aromatic N) is 1. The Morgan fingerprint density at radius 3 is 2.67 bits per heavy atom. The Balaban J connectivity index is 0.00000112. The Kier molecular flexibility index (Phi) is 4.32. The topological polar surface area (TPSA) is 3.01 Å². The Morgan fingerprint density at radius 1 is 1.33 bits per heavy atom. The maximum Gasteiger partial charge on any atom is 0.180 e. The summed E-state index contributed by atoms with van der Waals surface area (Å²) < 4.78 is 2.49. The molecule has 0 saturated carbocycles. The highest BCUT2D eigenvalue weighted by atomic mass is 127. The summed E-state index contributed by atoms with van der Waals surface area (Å²) in [5, 5.41) is 0. The molecule has 1 atom stereocenters. The normalized spacial score (nSPS) is 19.5. The van der Waals surface area contributed by atoms with Crippen LogP contribution < -0.4 is 24.0 Å². The molecule has 0 aliphatic carbocycles. The van der Waals surface area contributed by atoms with Gasteiger partial charge in [-0.1, -0.05) is 18.2 Å². The van der Waals surface area contributed by atoms with E-state index in [2.05, 4.69) is 49.6 Å². The van der Waals surface area contributed by atoms with Crippen molar-refractivity contribution < 1.29 is 28.6 Å². The minimum Gasteiger partial charge on any atom is -1.00 e. The van der Waals surface area contributed by atoms with E-state index in [0.717, 1.165) is 6.54 Å². The van der Waals surface area contributed by atoms with E-state index in [1.165, 1.54) is 23.3 Å². The predicted molar refractivity (Wildman–Crippen MR) is 60.2 cm³/mol. The lowest BCUT2D eigenvalue weighted by Gasteiger charge is -2.21. The number of likely N-dealkylation sites (N-methyl/N-ethyl adjacent to an activating group) is 1. The van der Waals surface area contributed by atoms with Gasteiger partial charge in [0.05, 0.1) is 0 Å². The third-order valence-corrected chi connectivity index (χ3v) is 3.23. The van der Waals surface area contributed by atoms with E-state index >= 15 is 0 Å². The van der Waals surface area contributed by atoms with Crippen molar-refractivity contribution in [2.45, 2.75) is 33.2 Å². The Morgan fingerprint density at radius 2 is 2.00 bits per heavy atom. The summed E-state index contributed by atoms with van der Waals surface area (Å²) in [4.78, 5) is 0. The highest BCUT2D eigenvalue weighted by Gasteiger charge is 2.26. The van der Waals surface area contributed by atoms with Gasteiger partial charge in [0.2, 0.25) is 0 Å². The molecule has 0 N–H and O–H groups in total. The molecule has 0 amide bonds. The monoisotopic (exact) mass is 315 g/mol. The van der Waals surface area contributed by atoms with Gasteiger partial charge >= 0.3 is 0 Å². The lowest BCUT2D eigenvalue weighted by molar-refractivity contribution is -0.560. The number of benzene rings is 1. The third kappa shape index (κ3) is 2.25. The van der Waals surface area contributed by atoms with Crippen LogP contribution in [0, 0.1) is 0 Å². The van der Waals surface area contributed by atoms with Crippen LogP contribution in [-0.2, 0) is 6.42 Å². The van der Waals surface area contributed by atoms with Gasteiger partial charge in [0.25, 0.3) is 0 Å². The van der Waals surface area contributed by atoms with Crippen molar-refractivity contribution in [2.24, 2.45) is 0 Å². The summed E-state index contributed by atoms with van der Waals surface area (Å²) >= 11 is 0. The van der Waals surface area contributed by atoms with Crippen LogP contribution in [0.1, 0.15) is 31.9 Å². The summed E-state index contributed by atoms with van der Waals surface area (Å²) in [7, 11) is 0. The Labute approximate surface area is 109 Å². The fraction of sp³-hybridized carbons (Fsp3) is 0.462. The highest BCUT2D eigenvalue weighted by molar-refractivity contribution is 5.96. The summed E-state index contributed by atoms with van der Waals surface area (Å²) in [5.74, 6) is 0. The molecule has 0 radical (unpaired) electrons. The first-order valence-electron chi connectivity index (χ1n) is 5.42. The van der Waals surface area contributed by atoms with Gasteiger partial charge in [0.1, 0.15) is 6.54 Å². The predicted octanol–water partition coefficient (Wildman–Crippen LogP) is -0.523. The number of fused-ring (bicyclic) bond motifs is 1. The first-order valence-corrected chi connectivity index (χ1v) is 5.42. The van der Waals surface area contributed by atoms with Crippen LogP contribution in [0.2, 0.25) is 0 Å². The molecule has 0 spiro atoms. The van der Waals surface area contributed by atoms with Gasteiger partial charge in [-0.3, -0.25) is 0 Å². The van der Waals surface area contributed by atoms with Crippen LogP contribution in [0.15, 0.2) is 24.3 Å². The standard InChI is InChI=1S/C13H18N.HI/c1-4-14-10(2)9-12-7-5-6-8-13(12)11(14)3;/h5-8,10H,4,9H2,1-3H3;1H/q+1;/p-1. The molecule has 0 aromatic heterocycles. The molecule has 1 heterocycles. The van der Waals surface area contributed by atoms with Crippen LogP contribution in [-0.4, -0.2) is 22.9 Å². The van der Waals surface area contributed by atoms with E-state index in [9.17, 15) is 0 Å². The summed E-state index contributed by atoms with van der Waals surface area (Å²) in [5.41, 5.74) is 4.37. The van der Waals surface area contributed by atoms with Crippen molar-refractivity contribution in [3.05, 3.63) is 35.4 Å². The molecule has 1 aliphatic rings. The molecule has 1 aromatic rings. The Bertz CT molecular complexity index is 382. The second-order valence-corrected chi connectivity index (χ2v) is 4.08. The molecule has 2 rings (SSSR count). The van der Waals surface area contributed by atoms with Gasteiger partial charge in [-0.2, -0.15) is 0 Å². The quantitative estimate of drug-likeness (QED) is 0.485. The summed E-state index contributed by atoms with van der Waals surface area (Å²) in [6, 6.07) is 9.41. The first kappa shape index (κ1) is 12.7. The minimum absolute atomic E-state index is 0. The number of rotatable bonds is 1. The number of halogens is 1. The van der Waals surface area contributed by atoms with Crippen LogP contribution >= 0.6 is 0 Å². The summed E-state index contributed by atoms with van der Waals surface area (Å²) in [6.45, 7) is 7.89. The van der Waals surface area contributed by atoms with Crippen molar-refractivity contribution in [3.63, 3.8) is 0 Å². The second kappa shape index (κ2) is 5.10. The van der Waals surface area contributed by atoms with Gasteiger partial charge in [-0.15, -0.1) is 0 Å². The van der Waals surface area contributed by atoms with E-state index in [-0.39, 0.29) is 24.0 Å². The minimum atomic E-state index is 0. The van der Waals surface area contributed by atoms with Gasteiger partial charge in [-0.25, -0.2) is 4.58 Å². The van der Waals surface area contributed by atoms with Crippen molar-refractivity contribution in [1.82, 2.24) is 0 Å². The van der Waals surface area contributed by atoms with Gasteiger partial charge in [0.15, 0.2) is 11.8 Å². The van der Waals surface area contributed by atoms with Crippen molar-refractivity contribution in [3.8, 4) is 0 Å². The summed E-state index contributed by atoms with van der Waals surface area (Å²) in [6.07, 6.45) is 1.18. The maximum atomic E-state index is 2.49. The molecule has 2 heteroatoms. The average molecular weight is 315 g/mol. The second-order valence-electron chi connectivity index (χ2n) is 4.08. The Hall–Kier alpha value is -0.380. The molecular weight excluding hydrogens is 297 g/mol. The SMILES string of the molecule is CC[N+]1=C(C)c2ccccc2CC1C.[I-]. The van der Waals surface area contributed by atoms with Crippen LogP contribution in [0.25, 0.3) is 0 Å². The van der Waals surface area contributed by atoms with E-state index in [1.54, 1.807) is 0 Å². The van der Waals surface area contributed by atoms with Crippen molar-refractivity contribution in [2.75, 3.05) is 6.54 Å². The molecule has 0 bridgehead atoms. The molecule has 1 aliphatic heterocycles. The zero-order chi connectivity index (χ0) is 10.1. The first-order chi connectivity index (χ1) is 6.74. The number of hydrogen-bond acceptors (Lipinski definition) is 0. The lowest BCUT2D eigenvalue weighted by atomic mass is 9.94. The van der Waals surface area contributed by atoms with E-state index in [0.29, 0.717) is 6.04 Å². The zero-order valence-corrected chi connectivity index (χ0v) is 11.8. The van der Waals surface area contributed by atoms with E-state index < -0.39 is 0 Å². The van der Waals surface area contributed by atoms with Crippen LogP contribution in [0.3, 0.4) is 0 Å². The zero-order valence-electron chi connectivity index (χ0n) is 9.63. The third-order valence-electron chi connectivity index (χ3n) is 3.23. The van der Waals surface area contributed by atoms with E-state index in [4.69, 9.17) is 0 Å². The van der Waals surface area contributed by atoms with Gasteiger partial charge in [0, 0.05) is 18.9 Å². The smallest absolute Gasteiger partial charge is 0.180 e. The average Bonchev–Trinajstić information content (AvgIpc) is 2.18. The fourth-order valence-corrected chi connectivity index (χ4v) is 2.51. The van der Waals surface area contributed by atoms with Crippen LogP contribution in [0.4, 0.5) is 0 Å². The fourth-order valence-electron chi connectivity index (χ4n) is 2.51. The largest absolute Gasteiger partial charge is 1.00 e. The molecule has 15 heavy (non-hydrogen) atoms.